The van der Waals surface area contributed by atoms with Gasteiger partial charge in [-0.3, -0.25) is 10.1 Å². The number of amides is 1. The zero-order valence-corrected chi connectivity index (χ0v) is 13.4. The maximum atomic E-state index is 11.8. The van der Waals surface area contributed by atoms with Crippen molar-refractivity contribution in [1.82, 2.24) is 4.98 Å². The Labute approximate surface area is 132 Å². The highest BCUT2D eigenvalue weighted by atomic mass is 79.9. The molecule has 3 nitrogen and oxygen atoms in total. The van der Waals surface area contributed by atoms with Gasteiger partial charge in [0.15, 0.2) is 5.13 Å². The van der Waals surface area contributed by atoms with E-state index in [0.717, 1.165) is 19.6 Å². The Morgan fingerprint density at radius 3 is 2.95 bits per heavy atom. The molecule has 1 N–H and O–H groups in total. The Balaban J connectivity index is 1.76. The SMILES string of the molecule is O=C(/C=C/c1cccs1)Nc1nc2c(Br)cccc2s1. The standard InChI is InChI=1S/C14H9BrN2OS2/c15-10-4-1-5-11-13(10)17-14(20-11)16-12(18)7-6-9-3-2-8-19-9/h1-8H,(H,16,17,18)/b7-6+. The maximum absolute atomic E-state index is 11.8. The van der Waals surface area contributed by atoms with Crippen LogP contribution in [0.4, 0.5) is 5.13 Å². The fourth-order valence-corrected chi connectivity index (χ4v) is 3.76. The number of thiazole rings is 1. The van der Waals surface area contributed by atoms with Crippen molar-refractivity contribution < 1.29 is 4.79 Å². The van der Waals surface area contributed by atoms with E-state index in [1.54, 1.807) is 17.4 Å². The number of rotatable bonds is 3. The molecule has 100 valence electrons. The van der Waals surface area contributed by atoms with Gasteiger partial charge in [-0.15, -0.1) is 11.3 Å². The van der Waals surface area contributed by atoms with Crippen LogP contribution in [-0.2, 0) is 4.79 Å². The van der Waals surface area contributed by atoms with Crippen molar-refractivity contribution in [3.63, 3.8) is 0 Å². The predicted molar refractivity (Wildman–Crippen MR) is 89.3 cm³/mol. The minimum atomic E-state index is -0.173. The summed E-state index contributed by atoms with van der Waals surface area (Å²) in [5.41, 5.74) is 0.870. The lowest BCUT2D eigenvalue weighted by molar-refractivity contribution is -0.111. The van der Waals surface area contributed by atoms with E-state index in [-0.39, 0.29) is 5.91 Å². The number of hydrogen-bond donors (Lipinski definition) is 1. The van der Waals surface area contributed by atoms with Gasteiger partial charge in [-0.2, -0.15) is 0 Å². The summed E-state index contributed by atoms with van der Waals surface area (Å²) in [5, 5.41) is 5.37. The van der Waals surface area contributed by atoms with E-state index in [0.29, 0.717) is 5.13 Å². The van der Waals surface area contributed by atoms with Gasteiger partial charge in [-0.05, 0) is 45.6 Å². The van der Waals surface area contributed by atoms with Crippen LogP contribution in [0, 0.1) is 0 Å². The van der Waals surface area contributed by atoms with E-state index < -0.39 is 0 Å². The molecule has 6 heteroatoms. The molecular formula is C14H9BrN2OS2. The van der Waals surface area contributed by atoms with Crippen LogP contribution in [0.5, 0.6) is 0 Å². The van der Waals surface area contributed by atoms with Gasteiger partial charge < -0.3 is 0 Å². The number of aromatic nitrogens is 1. The van der Waals surface area contributed by atoms with Crippen LogP contribution in [0.25, 0.3) is 16.3 Å². The van der Waals surface area contributed by atoms with Crippen LogP contribution < -0.4 is 5.32 Å². The van der Waals surface area contributed by atoms with Gasteiger partial charge >= 0.3 is 0 Å². The zero-order chi connectivity index (χ0) is 13.9. The number of nitrogens with zero attached hydrogens (tertiary/aromatic N) is 1. The summed E-state index contributed by atoms with van der Waals surface area (Å²) in [5.74, 6) is -0.173. The molecule has 0 aliphatic carbocycles. The van der Waals surface area contributed by atoms with Gasteiger partial charge in [0.1, 0.15) is 0 Å². The van der Waals surface area contributed by atoms with Crippen molar-refractivity contribution in [2.24, 2.45) is 0 Å². The Morgan fingerprint density at radius 1 is 1.30 bits per heavy atom. The van der Waals surface area contributed by atoms with Gasteiger partial charge in [0.05, 0.1) is 10.2 Å². The van der Waals surface area contributed by atoms with Crippen LogP contribution >= 0.6 is 38.6 Å². The lowest BCUT2D eigenvalue weighted by Crippen LogP contribution is -2.06. The van der Waals surface area contributed by atoms with Gasteiger partial charge in [-0.25, -0.2) is 4.98 Å². The molecule has 3 aromatic rings. The van der Waals surface area contributed by atoms with Crippen molar-refractivity contribution >= 4 is 65.9 Å². The van der Waals surface area contributed by atoms with Crippen LogP contribution in [-0.4, -0.2) is 10.9 Å². The number of hydrogen-bond acceptors (Lipinski definition) is 4. The molecule has 0 atom stereocenters. The maximum Gasteiger partial charge on any atom is 0.250 e. The molecule has 0 unspecified atom stereocenters. The number of nitrogens with one attached hydrogen (secondary N) is 1. The molecule has 20 heavy (non-hydrogen) atoms. The number of halogens is 1. The van der Waals surface area contributed by atoms with Gasteiger partial charge in [0.2, 0.25) is 5.91 Å². The molecule has 0 fully saturated rings. The minimum absolute atomic E-state index is 0.173. The summed E-state index contributed by atoms with van der Waals surface area (Å²) in [6.07, 6.45) is 3.32. The first-order chi connectivity index (χ1) is 9.72. The molecule has 0 radical (unpaired) electrons. The van der Waals surface area contributed by atoms with E-state index in [1.807, 2.05) is 35.7 Å². The first kappa shape index (κ1) is 13.5. The molecule has 2 heterocycles. The number of fused-ring (bicyclic) bond motifs is 1. The second-order valence-corrected chi connectivity index (χ2v) is 6.81. The van der Waals surface area contributed by atoms with Crippen LogP contribution in [0.3, 0.4) is 0 Å². The Bertz CT molecular complexity index is 778. The first-order valence-electron chi connectivity index (χ1n) is 5.80. The summed E-state index contributed by atoms with van der Waals surface area (Å²) in [6, 6.07) is 9.78. The van der Waals surface area contributed by atoms with E-state index in [4.69, 9.17) is 0 Å². The van der Waals surface area contributed by atoms with Crippen molar-refractivity contribution in [2.45, 2.75) is 0 Å². The number of para-hydroxylation sites is 1. The van der Waals surface area contributed by atoms with Crippen molar-refractivity contribution in [2.75, 3.05) is 5.32 Å². The Kier molecular flexibility index (Phi) is 3.95. The predicted octanol–water partition coefficient (Wildman–Crippen LogP) is 4.77. The number of carbonyl (C=O) groups excluding carboxylic acids is 1. The zero-order valence-electron chi connectivity index (χ0n) is 10.2. The fraction of sp³-hybridized carbons (Fsp3) is 0. The number of thiophene rings is 1. The van der Waals surface area contributed by atoms with Gasteiger partial charge in [-0.1, -0.05) is 23.5 Å². The smallest absolute Gasteiger partial charge is 0.250 e. The van der Waals surface area contributed by atoms with Crippen molar-refractivity contribution in [3.05, 3.63) is 51.1 Å². The van der Waals surface area contributed by atoms with Gasteiger partial charge in [0.25, 0.3) is 0 Å². The van der Waals surface area contributed by atoms with Crippen molar-refractivity contribution in [1.29, 1.82) is 0 Å². The third-order valence-electron chi connectivity index (χ3n) is 2.54. The van der Waals surface area contributed by atoms with Crippen LogP contribution in [0.15, 0.2) is 46.3 Å². The number of carbonyl (C=O) groups is 1. The fourth-order valence-electron chi connectivity index (χ4n) is 1.66. The van der Waals surface area contributed by atoms with E-state index in [1.165, 1.54) is 17.4 Å². The molecule has 0 aliphatic heterocycles. The molecule has 2 aromatic heterocycles. The van der Waals surface area contributed by atoms with E-state index in [2.05, 4.69) is 26.2 Å². The lowest BCUT2D eigenvalue weighted by Gasteiger charge is -1.94. The van der Waals surface area contributed by atoms with Gasteiger partial charge in [0, 0.05) is 15.4 Å². The average molecular weight is 365 g/mol. The summed E-state index contributed by atoms with van der Waals surface area (Å²) in [4.78, 5) is 17.3. The largest absolute Gasteiger partial charge is 0.298 e. The topological polar surface area (TPSA) is 42.0 Å². The van der Waals surface area contributed by atoms with E-state index >= 15 is 0 Å². The molecule has 3 rings (SSSR count). The lowest BCUT2D eigenvalue weighted by atomic mass is 10.3. The summed E-state index contributed by atoms with van der Waals surface area (Å²) in [6.45, 7) is 0. The third-order valence-corrected chi connectivity index (χ3v) is 4.96. The van der Waals surface area contributed by atoms with Crippen molar-refractivity contribution in [3.8, 4) is 0 Å². The molecule has 1 amide bonds. The molecule has 0 aliphatic rings. The highest BCUT2D eigenvalue weighted by Gasteiger charge is 2.07. The Morgan fingerprint density at radius 2 is 2.20 bits per heavy atom. The molecule has 0 spiro atoms. The monoisotopic (exact) mass is 364 g/mol. The second-order valence-electron chi connectivity index (χ2n) is 3.94. The average Bonchev–Trinajstić information content (AvgIpc) is 3.05. The third kappa shape index (κ3) is 2.98. The molecular weight excluding hydrogens is 356 g/mol. The quantitative estimate of drug-likeness (QED) is 0.680. The molecule has 0 saturated carbocycles. The second kappa shape index (κ2) is 5.87. The molecule has 0 bridgehead atoms. The molecule has 1 aromatic carbocycles. The Hall–Kier alpha value is -1.50. The summed E-state index contributed by atoms with van der Waals surface area (Å²) in [7, 11) is 0. The van der Waals surface area contributed by atoms with Crippen LogP contribution in [0.2, 0.25) is 0 Å². The minimum Gasteiger partial charge on any atom is -0.298 e. The summed E-state index contributed by atoms with van der Waals surface area (Å²) >= 11 is 6.50. The highest BCUT2D eigenvalue weighted by Crippen LogP contribution is 2.30. The number of benzene rings is 1. The van der Waals surface area contributed by atoms with Crippen LogP contribution in [0.1, 0.15) is 4.88 Å². The first-order valence-corrected chi connectivity index (χ1v) is 8.29. The number of anilines is 1. The highest BCUT2D eigenvalue weighted by molar-refractivity contribution is 9.10. The van der Waals surface area contributed by atoms with E-state index in [9.17, 15) is 4.79 Å². The normalized spacial score (nSPS) is 11.2. The summed E-state index contributed by atoms with van der Waals surface area (Å²) < 4.78 is 1.97. The molecule has 0 saturated heterocycles.